The van der Waals surface area contributed by atoms with Gasteiger partial charge in [-0.15, -0.1) is 0 Å². The Morgan fingerprint density at radius 3 is 2.62 bits per heavy atom. The summed E-state index contributed by atoms with van der Waals surface area (Å²) >= 11 is 0. The van der Waals surface area contributed by atoms with Crippen molar-refractivity contribution in [2.75, 3.05) is 6.54 Å². The van der Waals surface area contributed by atoms with Gasteiger partial charge in [-0.05, 0) is 33.2 Å². The third-order valence-electron chi connectivity index (χ3n) is 4.84. The van der Waals surface area contributed by atoms with Crippen molar-refractivity contribution in [3.8, 4) is 0 Å². The van der Waals surface area contributed by atoms with Gasteiger partial charge in [-0.25, -0.2) is 14.5 Å². The fourth-order valence-electron chi connectivity index (χ4n) is 3.38. The lowest BCUT2D eigenvalue weighted by Crippen LogP contribution is -2.40. The first-order valence-corrected chi connectivity index (χ1v) is 8.25. The Morgan fingerprint density at radius 2 is 1.96 bits per heavy atom. The number of hydrogen-bond acceptors (Lipinski definition) is 5. The van der Waals surface area contributed by atoms with Gasteiger partial charge in [-0.3, -0.25) is 18.8 Å². The first kappa shape index (κ1) is 16.6. The number of hydrogen-bond donors (Lipinski definition) is 0. The fraction of sp³-hybridized carbons (Fsp3) is 0.625. The van der Waals surface area contributed by atoms with Gasteiger partial charge in [0, 0.05) is 38.4 Å². The van der Waals surface area contributed by atoms with Gasteiger partial charge in [-0.1, -0.05) is 0 Å². The molecule has 3 rings (SSSR count). The fourth-order valence-corrected chi connectivity index (χ4v) is 3.38. The van der Waals surface area contributed by atoms with Crippen LogP contribution in [0.25, 0.3) is 0 Å². The molecule has 1 fully saturated rings. The number of nitrogens with zero attached hydrogens (tertiary/aromatic N) is 6. The molecule has 24 heavy (non-hydrogen) atoms. The summed E-state index contributed by atoms with van der Waals surface area (Å²) in [6.07, 6.45) is 2.19. The van der Waals surface area contributed by atoms with Crippen LogP contribution in [0.3, 0.4) is 0 Å². The second kappa shape index (κ2) is 6.35. The van der Waals surface area contributed by atoms with Gasteiger partial charge in [0.1, 0.15) is 11.6 Å². The minimum absolute atomic E-state index is 0.258. The van der Waals surface area contributed by atoms with Crippen LogP contribution in [0, 0.1) is 13.8 Å². The average Bonchev–Trinajstić information content (AvgIpc) is 3.09. The van der Waals surface area contributed by atoms with E-state index in [4.69, 9.17) is 0 Å². The van der Waals surface area contributed by atoms with E-state index in [0.717, 1.165) is 47.8 Å². The highest BCUT2D eigenvalue weighted by atomic mass is 16.2. The Balaban J connectivity index is 1.81. The molecular weight excluding hydrogens is 308 g/mol. The van der Waals surface area contributed by atoms with Crippen molar-refractivity contribution in [3.05, 3.63) is 44.2 Å². The number of likely N-dealkylation sites (tertiary alicyclic amines) is 1. The van der Waals surface area contributed by atoms with Gasteiger partial charge in [0.05, 0.1) is 6.54 Å². The molecule has 3 heterocycles. The van der Waals surface area contributed by atoms with E-state index in [0.29, 0.717) is 12.6 Å². The van der Waals surface area contributed by atoms with E-state index in [1.807, 2.05) is 18.5 Å². The molecule has 0 N–H and O–H groups in total. The van der Waals surface area contributed by atoms with Crippen molar-refractivity contribution in [2.24, 2.45) is 14.1 Å². The van der Waals surface area contributed by atoms with E-state index >= 15 is 0 Å². The van der Waals surface area contributed by atoms with Crippen molar-refractivity contribution < 1.29 is 0 Å². The maximum absolute atomic E-state index is 12.1. The van der Waals surface area contributed by atoms with Crippen LogP contribution in [-0.2, 0) is 27.2 Å². The molecule has 130 valence electrons. The topological polar surface area (TPSA) is 78.0 Å². The summed E-state index contributed by atoms with van der Waals surface area (Å²) in [7, 11) is 3.22. The number of aryl methyl sites for hydroxylation is 2. The van der Waals surface area contributed by atoms with Crippen LogP contribution < -0.4 is 11.2 Å². The molecular formula is C16H24N6O2. The Labute approximate surface area is 140 Å². The van der Waals surface area contributed by atoms with Gasteiger partial charge in [-0.2, -0.15) is 5.10 Å². The first-order valence-electron chi connectivity index (χ1n) is 8.25. The zero-order valence-corrected chi connectivity index (χ0v) is 14.7. The molecule has 0 amide bonds. The van der Waals surface area contributed by atoms with E-state index in [9.17, 15) is 9.59 Å². The molecule has 8 heteroatoms. The monoisotopic (exact) mass is 332 g/mol. The lowest BCUT2D eigenvalue weighted by Gasteiger charge is -2.25. The van der Waals surface area contributed by atoms with Gasteiger partial charge < -0.3 is 0 Å². The highest BCUT2D eigenvalue weighted by molar-refractivity contribution is 5.03. The minimum Gasteiger partial charge on any atom is -0.299 e. The van der Waals surface area contributed by atoms with E-state index in [-0.39, 0.29) is 11.2 Å². The summed E-state index contributed by atoms with van der Waals surface area (Å²) in [4.78, 5) is 30.7. The third-order valence-corrected chi connectivity index (χ3v) is 4.84. The molecule has 0 aromatic carbocycles. The van der Waals surface area contributed by atoms with Crippen LogP contribution in [0.5, 0.6) is 0 Å². The van der Waals surface area contributed by atoms with Gasteiger partial charge in [0.2, 0.25) is 0 Å². The smallest absolute Gasteiger partial charge is 0.299 e. The number of aromatic nitrogens is 5. The molecule has 0 radical (unpaired) electrons. The molecule has 1 aliphatic rings. The molecule has 8 nitrogen and oxygen atoms in total. The molecule has 0 bridgehead atoms. The van der Waals surface area contributed by atoms with E-state index in [1.165, 1.54) is 7.05 Å². The third kappa shape index (κ3) is 3.06. The van der Waals surface area contributed by atoms with Crippen molar-refractivity contribution in [2.45, 2.75) is 45.8 Å². The predicted octanol–water partition coefficient (Wildman–Crippen LogP) is -0.0431. The van der Waals surface area contributed by atoms with Crippen LogP contribution in [0.4, 0.5) is 0 Å². The van der Waals surface area contributed by atoms with Gasteiger partial charge in [0.25, 0.3) is 5.56 Å². The molecule has 0 spiro atoms. The minimum atomic E-state index is -0.281. The zero-order chi connectivity index (χ0) is 17.4. The lowest BCUT2D eigenvalue weighted by molar-refractivity contribution is 0.212. The second-order valence-electron chi connectivity index (χ2n) is 6.53. The van der Waals surface area contributed by atoms with Crippen molar-refractivity contribution >= 4 is 0 Å². The Hall–Kier alpha value is -2.22. The summed E-state index contributed by atoms with van der Waals surface area (Å²) in [5, 5.41) is 4.44. The Bertz CT molecular complexity index is 862. The molecule has 0 saturated carbocycles. The average molecular weight is 332 g/mol. The predicted molar refractivity (Wildman–Crippen MR) is 89.9 cm³/mol. The summed E-state index contributed by atoms with van der Waals surface area (Å²) in [5.41, 5.74) is 0.212. The Morgan fingerprint density at radius 1 is 1.21 bits per heavy atom. The van der Waals surface area contributed by atoms with Crippen molar-refractivity contribution in [1.82, 2.24) is 28.8 Å². The molecule has 1 atom stereocenters. The number of rotatable bonds is 4. The first-order chi connectivity index (χ1) is 11.4. The van der Waals surface area contributed by atoms with Crippen molar-refractivity contribution in [1.29, 1.82) is 0 Å². The van der Waals surface area contributed by atoms with Crippen LogP contribution >= 0.6 is 0 Å². The summed E-state index contributed by atoms with van der Waals surface area (Å²) in [6.45, 7) is 6.20. The lowest BCUT2D eigenvalue weighted by atomic mass is 10.2. The van der Waals surface area contributed by atoms with Gasteiger partial charge in [0.15, 0.2) is 0 Å². The second-order valence-corrected chi connectivity index (χ2v) is 6.53. The van der Waals surface area contributed by atoms with E-state index < -0.39 is 0 Å². The normalized spacial score (nSPS) is 18.4. The summed E-state index contributed by atoms with van der Waals surface area (Å²) in [5.74, 6) is 1.70. The SMILES string of the molecule is Cc1nc(C)n(CC2CCCN2Cc2cc(=O)n(C)c(=O)n2C)n1. The molecule has 1 unspecified atom stereocenters. The van der Waals surface area contributed by atoms with Crippen LogP contribution in [0.15, 0.2) is 15.7 Å². The zero-order valence-electron chi connectivity index (χ0n) is 14.7. The standard InChI is InChI=1S/C16H24N6O2/c1-11-17-12(2)22(18-11)10-13-6-5-7-21(13)9-14-8-15(23)20(4)16(24)19(14)3/h8,13H,5-7,9-10H2,1-4H3. The van der Waals surface area contributed by atoms with Gasteiger partial charge >= 0.3 is 5.69 Å². The van der Waals surface area contributed by atoms with Crippen molar-refractivity contribution in [3.63, 3.8) is 0 Å². The maximum Gasteiger partial charge on any atom is 0.330 e. The molecule has 2 aromatic heterocycles. The highest BCUT2D eigenvalue weighted by Gasteiger charge is 2.26. The molecule has 1 saturated heterocycles. The summed E-state index contributed by atoms with van der Waals surface area (Å²) in [6, 6.07) is 1.89. The van der Waals surface area contributed by atoms with E-state index in [1.54, 1.807) is 17.7 Å². The summed E-state index contributed by atoms with van der Waals surface area (Å²) < 4.78 is 4.63. The molecule has 2 aromatic rings. The quantitative estimate of drug-likeness (QED) is 0.785. The molecule has 0 aliphatic carbocycles. The largest absolute Gasteiger partial charge is 0.330 e. The Kier molecular flexibility index (Phi) is 4.40. The van der Waals surface area contributed by atoms with E-state index in [2.05, 4.69) is 15.0 Å². The van der Waals surface area contributed by atoms with Crippen LogP contribution in [0.2, 0.25) is 0 Å². The van der Waals surface area contributed by atoms with Crippen LogP contribution in [-0.4, -0.2) is 41.4 Å². The molecule has 1 aliphatic heterocycles. The highest BCUT2D eigenvalue weighted by Crippen LogP contribution is 2.21. The van der Waals surface area contributed by atoms with Crippen LogP contribution in [0.1, 0.15) is 30.2 Å². The maximum atomic E-state index is 12.1.